The summed E-state index contributed by atoms with van der Waals surface area (Å²) in [5, 5.41) is 0. The van der Waals surface area contributed by atoms with Gasteiger partial charge in [0.1, 0.15) is 0 Å². The van der Waals surface area contributed by atoms with Crippen LogP contribution in [0.3, 0.4) is 0 Å². The van der Waals surface area contributed by atoms with Gasteiger partial charge in [0.2, 0.25) is 0 Å². The Hall–Kier alpha value is -4.22. The zero-order chi connectivity index (χ0) is 27.8. The summed E-state index contributed by atoms with van der Waals surface area (Å²) in [5.74, 6) is -2.15. The van der Waals surface area contributed by atoms with Crippen LogP contribution in [0.2, 0.25) is 0 Å². The van der Waals surface area contributed by atoms with E-state index >= 15 is 0 Å². The molecule has 0 aliphatic carbocycles. The molecule has 0 aromatic heterocycles. The van der Waals surface area contributed by atoms with E-state index in [4.69, 9.17) is 10.5 Å². The van der Waals surface area contributed by atoms with Gasteiger partial charge in [-0.25, -0.2) is 19.4 Å². The molecule has 1 atom stereocenters. The van der Waals surface area contributed by atoms with Crippen LogP contribution in [0.15, 0.2) is 90.1 Å². The van der Waals surface area contributed by atoms with Gasteiger partial charge in [-0.05, 0) is 18.2 Å². The van der Waals surface area contributed by atoms with Gasteiger partial charge in [0, 0.05) is 24.1 Å². The minimum absolute atomic E-state index is 0.0432. The van der Waals surface area contributed by atoms with Crippen LogP contribution in [-0.4, -0.2) is 41.3 Å². The Morgan fingerprint density at radius 1 is 1.03 bits per heavy atom. The first kappa shape index (κ1) is 26.4. The topological polar surface area (TPSA) is 84.7 Å². The smallest absolute Gasteiger partial charge is 0.407 e. The van der Waals surface area contributed by atoms with Gasteiger partial charge in [-0.15, -0.1) is 4.59 Å². The molecule has 0 saturated carbocycles. The molecule has 0 bridgehead atoms. The zero-order valence-corrected chi connectivity index (χ0v) is 20.6. The Balaban J connectivity index is 1.39. The molecule has 2 amide bonds. The molecule has 5 rings (SSSR count). The number of ether oxygens (including phenoxy) is 1. The van der Waals surface area contributed by atoms with Gasteiger partial charge in [0.05, 0.1) is 23.4 Å². The molecule has 2 heterocycles. The third kappa shape index (κ3) is 4.86. The predicted molar refractivity (Wildman–Crippen MR) is 133 cm³/mol. The Morgan fingerprint density at radius 3 is 2.18 bits per heavy atom. The summed E-state index contributed by atoms with van der Waals surface area (Å²) in [6, 6.07) is 20.1. The number of nitrogens with two attached hydrogens (primary N) is 1. The number of amides is 2. The first-order valence-corrected chi connectivity index (χ1v) is 12.2. The fraction of sp³-hybridized carbons (Fsp3) is 0.214. The van der Waals surface area contributed by atoms with Crippen LogP contribution in [0.4, 0.5) is 22.4 Å². The van der Waals surface area contributed by atoms with Crippen LogP contribution >= 0.6 is 0 Å². The van der Waals surface area contributed by atoms with Crippen molar-refractivity contribution in [1.82, 2.24) is 10.3 Å². The molecule has 202 valence electrons. The lowest BCUT2D eigenvalue weighted by molar-refractivity contribution is -0.912. The lowest BCUT2D eigenvalue weighted by Crippen LogP contribution is -2.62. The number of hydrogen-bond donors (Lipinski definition) is 2. The summed E-state index contributed by atoms with van der Waals surface area (Å²) in [4.78, 5) is 28.0. The first-order valence-electron chi connectivity index (χ1n) is 12.2. The number of hydrogen-bond acceptors (Lipinski definition) is 5. The minimum Gasteiger partial charge on any atom is -0.407 e. The maximum Gasteiger partial charge on any atom is 0.416 e. The van der Waals surface area contributed by atoms with Crippen LogP contribution in [0.5, 0.6) is 5.75 Å². The van der Waals surface area contributed by atoms with E-state index in [1.54, 1.807) is 0 Å². The van der Waals surface area contributed by atoms with Crippen LogP contribution in [0.1, 0.15) is 29.2 Å². The fourth-order valence-electron chi connectivity index (χ4n) is 5.10. The van der Waals surface area contributed by atoms with Crippen molar-refractivity contribution in [3.05, 3.63) is 113 Å². The molecule has 2 aliphatic rings. The van der Waals surface area contributed by atoms with Gasteiger partial charge in [-0.2, -0.15) is 13.2 Å². The molecule has 3 aromatic rings. The van der Waals surface area contributed by atoms with Gasteiger partial charge in [-0.1, -0.05) is 60.7 Å². The number of carbonyl (C=O) groups excluding carboxylic acids is 2. The van der Waals surface area contributed by atoms with Crippen LogP contribution in [0.25, 0.3) is 0 Å². The van der Waals surface area contributed by atoms with E-state index in [1.807, 2.05) is 60.7 Å². The third-order valence-corrected chi connectivity index (χ3v) is 6.97. The largest absolute Gasteiger partial charge is 0.416 e. The van der Waals surface area contributed by atoms with Crippen molar-refractivity contribution in [3.63, 3.8) is 0 Å². The van der Waals surface area contributed by atoms with Crippen molar-refractivity contribution < 1.29 is 36.5 Å². The van der Waals surface area contributed by atoms with Gasteiger partial charge in [-0.3, -0.25) is 5.73 Å². The van der Waals surface area contributed by atoms with E-state index in [0.29, 0.717) is 17.3 Å². The Kier molecular flexibility index (Phi) is 6.87. The molecule has 0 radical (unpaired) electrons. The average molecular weight is 542 g/mol. The molecule has 39 heavy (non-hydrogen) atoms. The lowest BCUT2D eigenvalue weighted by Gasteiger charge is -2.38. The maximum atomic E-state index is 14.3. The van der Waals surface area contributed by atoms with E-state index in [1.165, 1.54) is 4.90 Å². The summed E-state index contributed by atoms with van der Waals surface area (Å²) in [6.45, 7) is -0.0286. The van der Waals surface area contributed by atoms with Gasteiger partial charge in [0.25, 0.3) is 0 Å². The number of rotatable bonds is 5. The normalized spacial score (nSPS) is 19.2. The summed E-state index contributed by atoms with van der Waals surface area (Å²) in [6.07, 6.45) is -5.48. The molecule has 1 unspecified atom stereocenters. The SMILES string of the molecule is NC[N+]1(C(c2ccccc2)c2ccccc2)NC2=C(CCN(C(=O)Oc3ccc(C(F)(F)F)cc3F)C2)C1=O. The van der Waals surface area contributed by atoms with Crippen LogP contribution < -0.4 is 15.9 Å². The summed E-state index contributed by atoms with van der Waals surface area (Å²) in [5.41, 5.74) is 11.1. The number of carbonyl (C=O) groups is 2. The average Bonchev–Trinajstić information content (AvgIpc) is 3.22. The highest BCUT2D eigenvalue weighted by Crippen LogP contribution is 2.40. The molecule has 3 aromatic carbocycles. The van der Waals surface area contributed by atoms with Gasteiger partial charge >= 0.3 is 18.2 Å². The van der Waals surface area contributed by atoms with Gasteiger partial charge in [0.15, 0.2) is 24.3 Å². The van der Waals surface area contributed by atoms with E-state index in [-0.39, 0.29) is 42.7 Å². The van der Waals surface area contributed by atoms with Crippen molar-refractivity contribution in [2.24, 2.45) is 5.73 Å². The van der Waals surface area contributed by atoms with Crippen molar-refractivity contribution in [2.45, 2.75) is 18.6 Å². The zero-order valence-electron chi connectivity index (χ0n) is 20.6. The number of nitrogens with one attached hydrogen (secondary N) is 1. The molecule has 0 spiro atoms. The van der Waals surface area contributed by atoms with Crippen LogP contribution in [-0.2, 0) is 11.0 Å². The van der Waals surface area contributed by atoms with Crippen molar-refractivity contribution >= 4 is 12.0 Å². The molecule has 3 N–H and O–H groups in total. The van der Waals surface area contributed by atoms with E-state index < -0.39 is 35.4 Å². The third-order valence-electron chi connectivity index (χ3n) is 6.97. The van der Waals surface area contributed by atoms with E-state index in [9.17, 15) is 27.2 Å². The molecule has 0 fully saturated rings. The van der Waals surface area contributed by atoms with Crippen LogP contribution in [0, 0.1) is 5.82 Å². The highest BCUT2D eigenvalue weighted by molar-refractivity contribution is 5.91. The molecular formula is C28H25F4N4O3+. The quantitative estimate of drug-likeness (QED) is 0.356. The fourth-order valence-corrected chi connectivity index (χ4v) is 5.10. The predicted octanol–water partition coefficient (Wildman–Crippen LogP) is 4.87. The second kappa shape index (κ2) is 10.2. The Morgan fingerprint density at radius 2 is 1.64 bits per heavy atom. The molecule has 7 nitrogen and oxygen atoms in total. The van der Waals surface area contributed by atoms with Crippen molar-refractivity contribution in [1.29, 1.82) is 0 Å². The highest BCUT2D eigenvalue weighted by atomic mass is 19.4. The summed E-state index contributed by atoms with van der Waals surface area (Å²) >= 11 is 0. The molecule has 2 aliphatic heterocycles. The molecule has 11 heteroatoms. The monoisotopic (exact) mass is 541 g/mol. The number of halogens is 4. The summed E-state index contributed by atoms with van der Waals surface area (Å²) in [7, 11) is 0. The number of alkyl halides is 3. The van der Waals surface area contributed by atoms with Crippen molar-refractivity contribution in [3.8, 4) is 5.75 Å². The van der Waals surface area contributed by atoms with E-state index in [2.05, 4.69) is 5.43 Å². The first-order chi connectivity index (χ1) is 18.6. The minimum atomic E-state index is -4.73. The summed E-state index contributed by atoms with van der Waals surface area (Å²) < 4.78 is 57.5. The number of benzene rings is 3. The second-order valence-corrected chi connectivity index (χ2v) is 9.33. The Bertz CT molecular complexity index is 1390. The van der Waals surface area contributed by atoms with Crippen molar-refractivity contribution in [2.75, 3.05) is 19.8 Å². The van der Waals surface area contributed by atoms with E-state index in [0.717, 1.165) is 17.2 Å². The number of nitrogens with zero attached hydrogens (tertiary/aromatic N) is 2. The molecular weight excluding hydrogens is 516 g/mol. The molecule has 0 saturated heterocycles. The number of quaternary nitrogens is 1. The standard InChI is InChI=1S/C28H24F4N4O3/c29-22-15-20(28(30,31)32)11-12-24(22)39-27(38)35-14-13-21-23(16-35)34-36(17-33,26(21)37)25(18-7-3-1-4-8-18)19-9-5-2-6-10-19/h1-12,15,25H,13-14,16-17,33H2/p+1. The maximum absolute atomic E-state index is 14.3. The highest BCUT2D eigenvalue weighted by Gasteiger charge is 2.54. The Labute approximate surface area is 221 Å². The second-order valence-electron chi connectivity index (χ2n) is 9.33. The lowest BCUT2D eigenvalue weighted by atomic mass is 9.95. The van der Waals surface area contributed by atoms with Gasteiger partial charge < -0.3 is 9.64 Å².